The lowest BCUT2D eigenvalue weighted by molar-refractivity contribution is -0.384. The summed E-state index contributed by atoms with van der Waals surface area (Å²) in [6.07, 6.45) is 1.12. The number of benzene rings is 2. The Kier molecular flexibility index (Phi) is 6.49. The van der Waals surface area contributed by atoms with Gasteiger partial charge in [0.15, 0.2) is 5.84 Å². The van der Waals surface area contributed by atoms with E-state index in [0.29, 0.717) is 5.56 Å². The highest BCUT2D eigenvalue weighted by atomic mass is 32.2. The highest BCUT2D eigenvalue weighted by molar-refractivity contribution is 7.90. The molecule has 0 saturated heterocycles. The first-order valence-electron chi connectivity index (χ1n) is 9.92. The molecule has 2 aromatic carbocycles. The standard InChI is InChI=1S/C21H23N5O6S/c1-21(2,3)23-19(28)10-11-25(20-16-6-4-5-7-18(16)33(31,32)24-20)22-13-14-12-15(26(29)30)8-9-17(14)27/h4-9,12-13,27H,10-11H2,1-3H3,(H,23,28)/b22-13-. The SMILES string of the molecule is CC(C)(C)NC(=O)CCN(/N=C\c1cc([N+](=O)[O-])ccc1O)C1=NS(=O)(=O)c2ccccc21. The predicted molar refractivity (Wildman–Crippen MR) is 122 cm³/mol. The Balaban J connectivity index is 1.97. The Morgan fingerprint density at radius 3 is 2.64 bits per heavy atom. The van der Waals surface area contributed by atoms with E-state index in [-0.39, 0.29) is 46.6 Å². The van der Waals surface area contributed by atoms with Gasteiger partial charge in [0.25, 0.3) is 15.7 Å². The third kappa shape index (κ3) is 5.71. The van der Waals surface area contributed by atoms with Gasteiger partial charge in [-0.3, -0.25) is 14.9 Å². The van der Waals surface area contributed by atoms with Crippen LogP contribution in [0.4, 0.5) is 5.69 Å². The molecule has 1 heterocycles. The minimum atomic E-state index is -3.94. The molecule has 0 radical (unpaired) electrons. The molecule has 0 fully saturated rings. The highest BCUT2D eigenvalue weighted by Gasteiger charge is 2.32. The van der Waals surface area contributed by atoms with E-state index < -0.39 is 20.5 Å². The molecule has 174 valence electrons. The predicted octanol–water partition coefficient (Wildman–Crippen LogP) is 2.39. The monoisotopic (exact) mass is 473 g/mol. The number of carbonyl (C=O) groups excluding carboxylic acids is 1. The maximum absolute atomic E-state index is 12.5. The van der Waals surface area contributed by atoms with E-state index in [0.717, 1.165) is 24.4 Å². The van der Waals surface area contributed by atoms with Gasteiger partial charge in [-0.25, -0.2) is 5.01 Å². The maximum Gasteiger partial charge on any atom is 0.285 e. The molecular formula is C21H23N5O6S. The van der Waals surface area contributed by atoms with Crippen LogP contribution in [0, 0.1) is 10.1 Å². The number of amidine groups is 1. The molecule has 1 aliphatic rings. The van der Waals surface area contributed by atoms with Crippen LogP contribution in [0.15, 0.2) is 56.9 Å². The second-order valence-corrected chi connectivity index (χ2v) is 9.87. The number of hydrazone groups is 1. The van der Waals surface area contributed by atoms with Crippen LogP contribution in [-0.4, -0.2) is 53.5 Å². The molecule has 11 nitrogen and oxygen atoms in total. The molecule has 0 saturated carbocycles. The molecule has 0 aliphatic carbocycles. The number of rotatable bonds is 6. The summed E-state index contributed by atoms with van der Waals surface area (Å²) in [6, 6.07) is 9.64. The minimum Gasteiger partial charge on any atom is -0.507 e. The molecule has 3 rings (SSSR count). The Morgan fingerprint density at radius 1 is 1.27 bits per heavy atom. The lowest BCUT2D eigenvalue weighted by Crippen LogP contribution is -2.42. The average Bonchev–Trinajstić information content (AvgIpc) is 2.99. The summed E-state index contributed by atoms with van der Waals surface area (Å²) in [4.78, 5) is 22.8. The van der Waals surface area contributed by atoms with Crippen molar-refractivity contribution in [3.63, 3.8) is 0 Å². The van der Waals surface area contributed by atoms with Crippen LogP contribution in [0.1, 0.15) is 38.3 Å². The summed E-state index contributed by atoms with van der Waals surface area (Å²) in [5, 5.41) is 29.4. The van der Waals surface area contributed by atoms with Gasteiger partial charge in [-0.1, -0.05) is 12.1 Å². The molecule has 0 unspecified atom stereocenters. The van der Waals surface area contributed by atoms with Crippen molar-refractivity contribution in [2.75, 3.05) is 6.54 Å². The van der Waals surface area contributed by atoms with E-state index in [1.165, 1.54) is 11.1 Å². The number of nitrogens with one attached hydrogen (secondary N) is 1. The van der Waals surface area contributed by atoms with E-state index in [9.17, 15) is 28.4 Å². The van der Waals surface area contributed by atoms with E-state index in [1.807, 2.05) is 20.8 Å². The van der Waals surface area contributed by atoms with Gasteiger partial charge < -0.3 is 10.4 Å². The van der Waals surface area contributed by atoms with Gasteiger partial charge in [-0.15, -0.1) is 4.40 Å². The third-order valence-corrected chi connectivity index (χ3v) is 5.81. The molecule has 0 aromatic heterocycles. The van der Waals surface area contributed by atoms with Crippen molar-refractivity contribution in [3.05, 3.63) is 63.7 Å². The van der Waals surface area contributed by atoms with Crippen molar-refractivity contribution >= 4 is 33.7 Å². The third-order valence-electron chi connectivity index (χ3n) is 4.48. The quantitative estimate of drug-likeness (QED) is 0.371. The minimum absolute atomic E-state index is 0.00956. The number of carbonyl (C=O) groups is 1. The number of fused-ring (bicyclic) bond motifs is 1. The number of amides is 1. The molecule has 12 heteroatoms. The number of hydrogen-bond acceptors (Lipinski definition) is 8. The Bertz CT molecular complexity index is 1260. The van der Waals surface area contributed by atoms with Crippen LogP contribution < -0.4 is 5.32 Å². The zero-order valence-corrected chi connectivity index (χ0v) is 19.0. The largest absolute Gasteiger partial charge is 0.507 e. The first kappa shape index (κ1) is 23.9. The first-order valence-corrected chi connectivity index (χ1v) is 11.4. The van der Waals surface area contributed by atoms with Crippen molar-refractivity contribution in [2.45, 2.75) is 37.6 Å². The zero-order chi connectivity index (χ0) is 24.4. The van der Waals surface area contributed by atoms with E-state index in [1.54, 1.807) is 18.2 Å². The van der Waals surface area contributed by atoms with Crippen molar-refractivity contribution in [1.29, 1.82) is 0 Å². The lowest BCUT2D eigenvalue weighted by Gasteiger charge is -2.22. The van der Waals surface area contributed by atoms with Gasteiger partial charge in [0.05, 0.1) is 17.7 Å². The van der Waals surface area contributed by atoms with E-state index >= 15 is 0 Å². The fourth-order valence-electron chi connectivity index (χ4n) is 3.07. The molecule has 2 aromatic rings. The summed E-state index contributed by atoms with van der Waals surface area (Å²) in [6.45, 7) is 5.46. The molecular weight excluding hydrogens is 450 g/mol. The number of sulfonamides is 1. The molecule has 0 atom stereocenters. The topological polar surface area (TPSA) is 155 Å². The van der Waals surface area contributed by atoms with Gasteiger partial charge in [0.1, 0.15) is 10.6 Å². The summed E-state index contributed by atoms with van der Waals surface area (Å²) in [5.41, 5.74) is -0.352. The normalized spacial score (nSPS) is 14.6. The summed E-state index contributed by atoms with van der Waals surface area (Å²) in [5.74, 6) is -0.526. The van der Waals surface area contributed by atoms with Crippen molar-refractivity contribution in [3.8, 4) is 5.75 Å². The smallest absolute Gasteiger partial charge is 0.285 e. The van der Waals surface area contributed by atoms with Crippen molar-refractivity contribution < 1.29 is 23.2 Å². The van der Waals surface area contributed by atoms with Crippen molar-refractivity contribution in [1.82, 2.24) is 10.3 Å². The van der Waals surface area contributed by atoms with Gasteiger partial charge in [0.2, 0.25) is 5.91 Å². The highest BCUT2D eigenvalue weighted by Crippen LogP contribution is 2.28. The van der Waals surface area contributed by atoms with Crippen LogP contribution >= 0.6 is 0 Å². The summed E-state index contributed by atoms with van der Waals surface area (Å²) in [7, 11) is -3.94. The van der Waals surface area contributed by atoms with Gasteiger partial charge in [-0.05, 0) is 39.0 Å². The van der Waals surface area contributed by atoms with Gasteiger partial charge in [0, 0.05) is 35.2 Å². The zero-order valence-electron chi connectivity index (χ0n) is 18.2. The number of phenolic OH excluding ortho intramolecular Hbond substituents is 1. The van der Waals surface area contributed by atoms with Gasteiger partial charge in [-0.2, -0.15) is 13.5 Å². The van der Waals surface area contributed by atoms with Crippen LogP contribution in [0.25, 0.3) is 0 Å². The van der Waals surface area contributed by atoms with Crippen LogP contribution in [0.5, 0.6) is 5.75 Å². The fourth-order valence-corrected chi connectivity index (χ4v) is 4.28. The second-order valence-electron chi connectivity index (χ2n) is 8.30. The number of nitro benzene ring substituents is 1. The van der Waals surface area contributed by atoms with Crippen LogP contribution in [0.3, 0.4) is 0 Å². The molecule has 0 spiro atoms. The number of aromatic hydroxyl groups is 1. The number of non-ortho nitro benzene ring substituents is 1. The van der Waals surface area contributed by atoms with Gasteiger partial charge >= 0.3 is 0 Å². The molecule has 1 amide bonds. The lowest BCUT2D eigenvalue weighted by atomic mass is 10.1. The summed E-state index contributed by atoms with van der Waals surface area (Å²) >= 11 is 0. The van der Waals surface area contributed by atoms with Crippen molar-refractivity contribution in [2.24, 2.45) is 9.50 Å². The number of hydrogen-bond donors (Lipinski definition) is 2. The molecule has 33 heavy (non-hydrogen) atoms. The second kappa shape index (κ2) is 8.98. The number of phenols is 1. The van der Waals surface area contributed by atoms with E-state index in [2.05, 4.69) is 14.8 Å². The number of nitro groups is 1. The van der Waals surface area contributed by atoms with Crippen LogP contribution in [0.2, 0.25) is 0 Å². The Morgan fingerprint density at radius 2 is 1.97 bits per heavy atom. The number of nitrogens with zero attached hydrogens (tertiary/aromatic N) is 4. The molecule has 1 aliphatic heterocycles. The maximum atomic E-state index is 12.5. The Labute approximate surface area is 190 Å². The Hall–Kier alpha value is -3.80. The van der Waals surface area contributed by atoms with E-state index in [4.69, 9.17) is 0 Å². The first-order chi connectivity index (χ1) is 15.4. The average molecular weight is 474 g/mol. The van der Waals surface area contributed by atoms with Crippen LogP contribution in [-0.2, 0) is 14.8 Å². The molecule has 0 bridgehead atoms. The summed E-state index contributed by atoms with van der Waals surface area (Å²) < 4.78 is 28.8. The molecule has 2 N–H and O–H groups in total. The fraction of sp³-hybridized carbons (Fsp3) is 0.286.